The molecule has 0 saturated carbocycles. The molecule has 3 aromatic carbocycles. The summed E-state index contributed by atoms with van der Waals surface area (Å²) in [6.45, 7) is 5.93. The molecule has 0 atom stereocenters. The topological polar surface area (TPSA) is 122 Å². The molecule has 0 radical (unpaired) electrons. The first-order chi connectivity index (χ1) is 22.5. The van der Waals surface area contributed by atoms with Crippen molar-refractivity contribution in [2.45, 2.75) is 32.4 Å². The van der Waals surface area contributed by atoms with Crippen molar-refractivity contribution in [3.05, 3.63) is 114 Å². The number of aromatic nitrogens is 1. The van der Waals surface area contributed by atoms with Gasteiger partial charge in [-0.2, -0.15) is 0 Å². The zero-order chi connectivity index (χ0) is 32.0. The summed E-state index contributed by atoms with van der Waals surface area (Å²) in [5.74, 6) is 0.422. The lowest BCUT2D eigenvalue weighted by atomic mass is 10.2. The van der Waals surface area contributed by atoms with Crippen molar-refractivity contribution in [3.8, 4) is 5.75 Å². The maximum absolute atomic E-state index is 13.5. The molecule has 0 aliphatic carbocycles. The lowest BCUT2D eigenvalue weighted by Gasteiger charge is -2.26. The minimum atomic E-state index is -0.303. The first kappa shape index (κ1) is 32.5. The van der Waals surface area contributed by atoms with Crippen LogP contribution in [-0.4, -0.2) is 66.1 Å². The number of carbonyl (C=O) groups is 2. The van der Waals surface area contributed by atoms with Gasteiger partial charge in [0.25, 0.3) is 5.91 Å². The summed E-state index contributed by atoms with van der Waals surface area (Å²) in [5, 5.41) is 5.84. The highest BCUT2D eigenvalue weighted by molar-refractivity contribution is 6.05. The zero-order valence-corrected chi connectivity index (χ0v) is 26.1. The molecule has 4 N–H and O–H groups in total. The van der Waals surface area contributed by atoms with E-state index in [0.717, 1.165) is 63.4 Å². The van der Waals surface area contributed by atoms with Crippen molar-refractivity contribution >= 4 is 29.0 Å². The lowest BCUT2D eigenvalue weighted by Crippen LogP contribution is -2.37. The van der Waals surface area contributed by atoms with Crippen molar-refractivity contribution in [1.82, 2.24) is 14.8 Å². The van der Waals surface area contributed by atoms with E-state index in [1.165, 1.54) is 6.20 Å². The third-order valence-electron chi connectivity index (χ3n) is 7.80. The summed E-state index contributed by atoms with van der Waals surface area (Å²) in [4.78, 5) is 35.0. The van der Waals surface area contributed by atoms with Crippen LogP contribution >= 0.6 is 0 Å². The van der Waals surface area contributed by atoms with E-state index < -0.39 is 0 Å². The minimum absolute atomic E-state index is 0.214. The summed E-state index contributed by atoms with van der Waals surface area (Å²) in [6, 6.07) is 27.7. The number of nitrogens with two attached hydrogens (primary N) is 1. The average molecular weight is 623 g/mol. The molecule has 3 amide bonds. The molecule has 0 bridgehead atoms. The van der Waals surface area contributed by atoms with E-state index in [0.29, 0.717) is 48.0 Å². The van der Waals surface area contributed by atoms with E-state index in [1.54, 1.807) is 29.2 Å². The van der Waals surface area contributed by atoms with Gasteiger partial charge in [-0.15, -0.1) is 0 Å². The second-order valence-electron chi connectivity index (χ2n) is 11.2. The van der Waals surface area contributed by atoms with E-state index in [2.05, 4.69) is 20.5 Å². The summed E-state index contributed by atoms with van der Waals surface area (Å²) in [7, 11) is 0. The number of hydrogen-bond donors (Lipinski definition) is 3. The number of unbranched alkanes of at least 4 members (excludes halogenated alkanes) is 2. The quantitative estimate of drug-likeness (QED) is 0.116. The van der Waals surface area contributed by atoms with Gasteiger partial charge in [0.05, 0.1) is 42.4 Å². The number of para-hydroxylation sites is 2. The average Bonchev–Trinajstić information content (AvgIpc) is 3.09. The normalized spacial score (nSPS) is 13.1. The van der Waals surface area contributed by atoms with Gasteiger partial charge < -0.3 is 30.7 Å². The van der Waals surface area contributed by atoms with Gasteiger partial charge in [0.2, 0.25) is 0 Å². The smallest absolute Gasteiger partial charge is 0.322 e. The van der Waals surface area contributed by atoms with E-state index >= 15 is 0 Å². The number of amides is 3. The van der Waals surface area contributed by atoms with Crippen LogP contribution in [0.5, 0.6) is 5.75 Å². The maximum Gasteiger partial charge on any atom is 0.322 e. The number of hydrogen-bond acceptors (Lipinski definition) is 7. The van der Waals surface area contributed by atoms with Crippen molar-refractivity contribution in [2.75, 3.05) is 55.8 Å². The Kier molecular flexibility index (Phi) is 12.0. The van der Waals surface area contributed by atoms with Gasteiger partial charge in [-0.3, -0.25) is 14.7 Å². The van der Waals surface area contributed by atoms with Crippen LogP contribution in [0.4, 0.5) is 21.9 Å². The van der Waals surface area contributed by atoms with Crippen LogP contribution < -0.4 is 21.1 Å². The highest BCUT2D eigenvalue weighted by atomic mass is 16.5. The van der Waals surface area contributed by atoms with E-state index in [-0.39, 0.29) is 11.9 Å². The van der Waals surface area contributed by atoms with Crippen LogP contribution in [0.25, 0.3) is 0 Å². The third kappa shape index (κ3) is 10.0. The number of rotatable bonds is 14. The van der Waals surface area contributed by atoms with Crippen LogP contribution in [0.1, 0.15) is 40.9 Å². The van der Waals surface area contributed by atoms with Crippen LogP contribution in [0.3, 0.4) is 0 Å². The van der Waals surface area contributed by atoms with Gasteiger partial charge in [-0.05, 0) is 73.5 Å². The molecule has 1 aliphatic rings. The van der Waals surface area contributed by atoms with Crippen molar-refractivity contribution < 1.29 is 19.1 Å². The second-order valence-corrected chi connectivity index (χ2v) is 11.2. The number of nitrogen functional groups attached to an aromatic ring is 1. The van der Waals surface area contributed by atoms with Gasteiger partial charge in [0, 0.05) is 31.5 Å². The molecule has 10 heteroatoms. The largest absolute Gasteiger partial charge is 0.489 e. The molecular formula is C36H42N6O4. The zero-order valence-electron chi connectivity index (χ0n) is 26.1. The fraction of sp³-hybridized carbons (Fsp3) is 0.306. The van der Waals surface area contributed by atoms with Gasteiger partial charge in [0.1, 0.15) is 12.4 Å². The monoisotopic (exact) mass is 622 g/mol. The number of nitrogens with one attached hydrogen (secondary N) is 2. The highest BCUT2D eigenvalue weighted by Gasteiger charge is 2.17. The highest BCUT2D eigenvalue weighted by Crippen LogP contribution is 2.20. The molecule has 2 heterocycles. The summed E-state index contributed by atoms with van der Waals surface area (Å²) < 4.78 is 11.3. The molecule has 0 spiro atoms. The van der Waals surface area contributed by atoms with Gasteiger partial charge in [-0.1, -0.05) is 48.9 Å². The van der Waals surface area contributed by atoms with Gasteiger partial charge in [-0.25, -0.2) is 4.79 Å². The standard InChI is InChI=1S/C36H42N6O4/c37-33-11-5-6-12-34(33)40-35(43)29-13-14-31(38-25-29)26-42(20-8-2-7-19-41-21-23-45-24-22-41)36(44)39-30-15-17-32(18-16-30)46-27-28-9-3-1-4-10-28/h1,3-6,9-18,25H,2,7-8,19-24,26-27,37H2,(H,39,44)(H,40,43). The minimum Gasteiger partial charge on any atom is -0.489 e. The Bertz CT molecular complexity index is 1530. The number of anilines is 3. The van der Waals surface area contributed by atoms with Crippen LogP contribution in [-0.2, 0) is 17.9 Å². The Morgan fingerprint density at radius 3 is 2.37 bits per heavy atom. The molecule has 1 fully saturated rings. The third-order valence-corrected chi connectivity index (χ3v) is 7.80. The molecule has 10 nitrogen and oxygen atoms in total. The number of morpholine rings is 1. The molecule has 4 aromatic rings. The van der Waals surface area contributed by atoms with Crippen LogP contribution in [0.2, 0.25) is 0 Å². The Labute approximate surface area is 270 Å². The number of ether oxygens (including phenoxy) is 2. The molecule has 240 valence electrons. The maximum atomic E-state index is 13.5. The lowest BCUT2D eigenvalue weighted by molar-refractivity contribution is 0.0371. The predicted molar refractivity (Wildman–Crippen MR) is 181 cm³/mol. The predicted octanol–water partition coefficient (Wildman–Crippen LogP) is 6.03. The molecule has 0 unspecified atom stereocenters. The number of pyridine rings is 1. The Hall–Kier alpha value is -4.93. The first-order valence-corrected chi connectivity index (χ1v) is 15.8. The van der Waals surface area contributed by atoms with E-state index in [9.17, 15) is 9.59 Å². The molecule has 5 rings (SSSR count). The fourth-order valence-electron chi connectivity index (χ4n) is 5.12. The summed E-state index contributed by atoms with van der Waals surface area (Å²) in [5.41, 5.74) is 9.84. The van der Waals surface area contributed by atoms with E-state index in [1.807, 2.05) is 66.7 Å². The van der Waals surface area contributed by atoms with E-state index in [4.69, 9.17) is 15.2 Å². The molecule has 1 saturated heterocycles. The Morgan fingerprint density at radius 1 is 0.870 bits per heavy atom. The van der Waals surface area contributed by atoms with Crippen molar-refractivity contribution in [1.29, 1.82) is 0 Å². The molecule has 1 aromatic heterocycles. The number of nitrogens with zero attached hydrogens (tertiary/aromatic N) is 3. The molecular weight excluding hydrogens is 580 g/mol. The first-order valence-electron chi connectivity index (χ1n) is 15.8. The Balaban J connectivity index is 1.17. The number of carbonyl (C=O) groups excluding carboxylic acids is 2. The van der Waals surface area contributed by atoms with Gasteiger partial charge >= 0.3 is 6.03 Å². The summed E-state index contributed by atoms with van der Waals surface area (Å²) >= 11 is 0. The molecule has 46 heavy (non-hydrogen) atoms. The van der Waals surface area contributed by atoms with Crippen molar-refractivity contribution in [2.24, 2.45) is 0 Å². The SMILES string of the molecule is Nc1ccccc1NC(=O)c1ccc(CN(CCCCCN2CCOCC2)C(=O)Nc2ccc(OCc3ccccc3)cc2)nc1. The Morgan fingerprint density at radius 2 is 1.63 bits per heavy atom. The number of urea groups is 1. The van der Waals surface area contributed by atoms with Crippen molar-refractivity contribution in [3.63, 3.8) is 0 Å². The van der Waals surface area contributed by atoms with Crippen LogP contribution in [0, 0.1) is 0 Å². The van der Waals surface area contributed by atoms with Gasteiger partial charge in [0.15, 0.2) is 0 Å². The fourth-order valence-corrected chi connectivity index (χ4v) is 5.12. The molecule has 1 aliphatic heterocycles. The number of benzene rings is 3. The second kappa shape index (κ2) is 17.0. The van der Waals surface area contributed by atoms with Crippen LogP contribution in [0.15, 0.2) is 97.2 Å². The summed E-state index contributed by atoms with van der Waals surface area (Å²) in [6.07, 6.45) is 4.46.